The van der Waals surface area contributed by atoms with Gasteiger partial charge in [-0.25, -0.2) is 0 Å². The van der Waals surface area contributed by atoms with Crippen LogP contribution in [-0.2, 0) is 0 Å². The molecule has 0 atom stereocenters. The van der Waals surface area contributed by atoms with Crippen molar-refractivity contribution >= 4 is 54.6 Å². The van der Waals surface area contributed by atoms with Crippen LogP contribution in [0.2, 0.25) is 0 Å². The summed E-state index contributed by atoms with van der Waals surface area (Å²) in [6, 6.07) is 52.2. The SMILES string of the molecule is C#C/C=C(\C=C(/C)c1cc(C#N)cc(C#N)c1-c1c2ccccc2c(-c2ccccc2)c2ccccc12)n1c2ccccc2c2ccccc21. The van der Waals surface area contributed by atoms with Crippen molar-refractivity contribution in [1.82, 2.24) is 4.57 Å². The molecule has 0 bridgehead atoms. The summed E-state index contributed by atoms with van der Waals surface area (Å²) in [4.78, 5) is 0. The fourth-order valence-electron chi connectivity index (χ4n) is 7.45. The first kappa shape index (κ1) is 30.2. The van der Waals surface area contributed by atoms with E-state index in [-0.39, 0.29) is 0 Å². The number of nitrogens with zero attached hydrogens (tertiary/aromatic N) is 3. The summed E-state index contributed by atoms with van der Waals surface area (Å²) in [6.07, 6.45) is 9.83. The maximum absolute atomic E-state index is 10.7. The third kappa shape index (κ3) is 4.84. The fraction of sp³-hybridized carbons (Fsp3) is 0.0213. The maximum Gasteiger partial charge on any atom is 0.0998 e. The van der Waals surface area contributed by atoms with E-state index < -0.39 is 0 Å². The van der Waals surface area contributed by atoms with E-state index in [0.29, 0.717) is 11.1 Å². The third-order valence-corrected chi connectivity index (χ3v) is 9.49. The van der Waals surface area contributed by atoms with Gasteiger partial charge in [-0.2, -0.15) is 10.5 Å². The molecule has 0 unspecified atom stereocenters. The first-order valence-corrected chi connectivity index (χ1v) is 16.4. The molecule has 0 amide bonds. The van der Waals surface area contributed by atoms with E-state index >= 15 is 0 Å². The Hall–Kier alpha value is -7.12. The smallest absolute Gasteiger partial charge is 0.0998 e. The van der Waals surface area contributed by atoms with Gasteiger partial charge < -0.3 is 4.57 Å². The Morgan fingerprint density at radius 2 is 1.08 bits per heavy atom. The summed E-state index contributed by atoms with van der Waals surface area (Å²) in [5.74, 6) is 2.77. The zero-order chi connectivity index (χ0) is 34.2. The molecule has 8 aromatic rings. The molecule has 3 nitrogen and oxygen atoms in total. The summed E-state index contributed by atoms with van der Waals surface area (Å²) in [7, 11) is 0. The highest BCUT2D eigenvalue weighted by molar-refractivity contribution is 6.22. The van der Waals surface area contributed by atoms with Crippen LogP contribution in [0.4, 0.5) is 0 Å². The Balaban J connectivity index is 1.46. The van der Waals surface area contributed by atoms with Crippen molar-refractivity contribution in [3.05, 3.63) is 168 Å². The molecule has 0 aliphatic rings. The van der Waals surface area contributed by atoms with Gasteiger partial charge in [0.2, 0.25) is 0 Å². The number of allylic oxidation sites excluding steroid dienone is 4. The summed E-state index contributed by atoms with van der Waals surface area (Å²) in [5.41, 5.74) is 9.43. The zero-order valence-electron chi connectivity index (χ0n) is 27.4. The number of hydrogen-bond donors (Lipinski definition) is 0. The average Bonchev–Trinajstić information content (AvgIpc) is 3.51. The molecule has 8 rings (SSSR count). The number of para-hydroxylation sites is 2. The second-order valence-corrected chi connectivity index (χ2v) is 12.3. The molecule has 0 radical (unpaired) electrons. The topological polar surface area (TPSA) is 52.5 Å². The van der Waals surface area contributed by atoms with Gasteiger partial charge in [0, 0.05) is 22.4 Å². The van der Waals surface area contributed by atoms with Crippen LogP contribution in [0.3, 0.4) is 0 Å². The number of rotatable bonds is 5. The molecule has 50 heavy (non-hydrogen) atoms. The van der Waals surface area contributed by atoms with Crippen LogP contribution in [0.25, 0.3) is 76.9 Å². The number of terminal acetylenes is 1. The number of hydrogen-bond acceptors (Lipinski definition) is 2. The lowest BCUT2D eigenvalue weighted by Crippen LogP contribution is -1.99. The number of aromatic nitrogens is 1. The van der Waals surface area contributed by atoms with Crippen LogP contribution < -0.4 is 0 Å². The van der Waals surface area contributed by atoms with Gasteiger partial charge in [-0.05, 0) is 86.6 Å². The second-order valence-electron chi connectivity index (χ2n) is 12.3. The van der Waals surface area contributed by atoms with E-state index in [2.05, 4.69) is 114 Å². The predicted molar refractivity (Wildman–Crippen MR) is 208 cm³/mol. The molecule has 0 fully saturated rings. The van der Waals surface area contributed by atoms with E-state index in [9.17, 15) is 10.5 Å². The highest BCUT2D eigenvalue weighted by Gasteiger charge is 2.23. The van der Waals surface area contributed by atoms with Crippen LogP contribution in [0.5, 0.6) is 0 Å². The molecule has 232 valence electrons. The molecule has 3 heteroatoms. The summed E-state index contributed by atoms with van der Waals surface area (Å²) in [5, 5.41) is 27.4. The monoisotopic (exact) mass is 635 g/mol. The summed E-state index contributed by atoms with van der Waals surface area (Å²) < 4.78 is 2.19. The van der Waals surface area contributed by atoms with E-state index in [1.54, 1.807) is 12.1 Å². The van der Waals surface area contributed by atoms with Crippen LogP contribution in [0.1, 0.15) is 23.6 Å². The summed E-state index contributed by atoms with van der Waals surface area (Å²) >= 11 is 0. The average molecular weight is 636 g/mol. The Morgan fingerprint density at radius 1 is 0.580 bits per heavy atom. The van der Waals surface area contributed by atoms with Crippen molar-refractivity contribution in [2.75, 3.05) is 0 Å². The molecule has 1 heterocycles. The molecule has 7 aromatic carbocycles. The second kappa shape index (κ2) is 12.5. The largest absolute Gasteiger partial charge is 0.309 e. The zero-order valence-corrected chi connectivity index (χ0v) is 27.4. The van der Waals surface area contributed by atoms with Crippen molar-refractivity contribution in [2.45, 2.75) is 6.92 Å². The van der Waals surface area contributed by atoms with E-state index in [4.69, 9.17) is 6.42 Å². The molecule has 0 saturated carbocycles. The Bertz CT molecular complexity index is 2730. The minimum atomic E-state index is 0.418. The van der Waals surface area contributed by atoms with E-state index in [1.807, 2.05) is 55.5 Å². The maximum atomic E-state index is 10.7. The normalized spacial score (nSPS) is 11.9. The molecular formula is C47H29N3. The van der Waals surface area contributed by atoms with Gasteiger partial charge in [0.25, 0.3) is 0 Å². The van der Waals surface area contributed by atoms with Gasteiger partial charge in [-0.15, -0.1) is 6.42 Å². The van der Waals surface area contributed by atoms with E-state index in [0.717, 1.165) is 82.4 Å². The van der Waals surface area contributed by atoms with Gasteiger partial charge in [0.15, 0.2) is 0 Å². The van der Waals surface area contributed by atoms with Crippen molar-refractivity contribution in [3.8, 4) is 46.7 Å². The number of benzene rings is 7. The highest BCUT2D eigenvalue weighted by atomic mass is 15.0. The Morgan fingerprint density at radius 3 is 1.60 bits per heavy atom. The number of nitriles is 2. The highest BCUT2D eigenvalue weighted by Crippen LogP contribution is 2.47. The third-order valence-electron chi connectivity index (χ3n) is 9.49. The minimum absolute atomic E-state index is 0.418. The van der Waals surface area contributed by atoms with Crippen molar-refractivity contribution in [2.24, 2.45) is 0 Å². The van der Waals surface area contributed by atoms with Crippen molar-refractivity contribution < 1.29 is 0 Å². The van der Waals surface area contributed by atoms with Gasteiger partial charge >= 0.3 is 0 Å². The fourth-order valence-corrected chi connectivity index (χ4v) is 7.45. The first-order chi connectivity index (χ1) is 24.6. The molecular weight excluding hydrogens is 607 g/mol. The Labute approximate surface area is 290 Å². The predicted octanol–water partition coefficient (Wildman–Crippen LogP) is 11.8. The van der Waals surface area contributed by atoms with Crippen LogP contribution >= 0.6 is 0 Å². The summed E-state index contributed by atoms with van der Waals surface area (Å²) in [6.45, 7) is 2.03. The van der Waals surface area contributed by atoms with Gasteiger partial charge in [-0.3, -0.25) is 0 Å². The lowest BCUT2D eigenvalue weighted by molar-refractivity contribution is 1.24. The standard InChI is InChI=1S/C47H29N3/c1-3-15-35(50-43-24-13-11-18-36(43)37-19-12-14-25-44(37)50)26-31(2)42-28-32(29-48)27-34(30-49)46(42)47-40-22-9-7-20-38(40)45(33-16-5-4-6-17-33)39-21-8-10-23-41(39)47/h1,4-28H,2H3/b31-26+,35-15+. The van der Waals surface area contributed by atoms with Gasteiger partial charge in [-0.1, -0.05) is 121 Å². The Kier molecular flexibility index (Phi) is 7.55. The lowest BCUT2D eigenvalue weighted by Gasteiger charge is -2.21. The van der Waals surface area contributed by atoms with E-state index in [1.165, 1.54) is 0 Å². The lowest BCUT2D eigenvalue weighted by atomic mass is 9.81. The van der Waals surface area contributed by atoms with Gasteiger partial charge in [0.05, 0.1) is 40.0 Å². The van der Waals surface area contributed by atoms with Crippen LogP contribution in [0.15, 0.2) is 152 Å². The van der Waals surface area contributed by atoms with Crippen LogP contribution in [0, 0.1) is 35.0 Å². The minimum Gasteiger partial charge on any atom is -0.309 e. The molecule has 0 N–H and O–H groups in total. The van der Waals surface area contributed by atoms with Crippen molar-refractivity contribution in [3.63, 3.8) is 0 Å². The quantitative estimate of drug-likeness (QED) is 0.107. The number of fused-ring (bicyclic) bond motifs is 5. The van der Waals surface area contributed by atoms with Gasteiger partial charge in [0.1, 0.15) is 0 Å². The first-order valence-electron chi connectivity index (χ1n) is 16.4. The van der Waals surface area contributed by atoms with Crippen molar-refractivity contribution in [1.29, 1.82) is 10.5 Å². The molecule has 0 aliphatic heterocycles. The molecule has 0 spiro atoms. The molecule has 0 aliphatic carbocycles. The molecule has 0 saturated heterocycles. The molecule has 1 aromatic heterocycles. The van der Waals surface area contributed by atoms with Crippen LogP contribution in [-0.4, -0.2) is 4.57 Å².